The van der Waals surface area contributed by atoms with Crippen LogP contribution >= 0.6 is 0 Å². The van der Waals surface area contributed by atoms with Gasteiger partial charge in [0, 0.05) is 38.4 Å². The number of alkyl halides is 3. The van der Waals surface area contributed by atoms with Crippen molar-refractivity contribution >= 4 is 27.8 Å². The third-order valence-electron chi connectivity index (χ3n) is 6.16. The van der Waals surface area contributed by atoms with Gasteiger partial charge >= 0.3 is 6.18 Å². The number of H-pyrrole nitrogens is 1. The molecule has 0 atom stereocenters. The van der Waals surface area contributed by atoms with Crippen LogP contribution in [-0.2, 0) is 18.0 Å². The maximum Gasteiger partial charge on any atom is 0.416 e. The summed E-state index contributed by atoms with van der Waals surface area (Å²) in [7, 11) is 3.23. The Morgan fingerprint density at radius 2 is 1.95 bits per heavy atom. The first-order valence-corrected chi connectivity index (χ1v) is 11.7. The van der Waals surface area contributed by atoms with Gasteiger partial charge in [-0.3, -0.25) is 19.4 Å². The van der Waals surface area contributed by atoms with Gasteiger partial charge in [-0.2, -0.15) is 18.3 Å². The zero-order chi connectivity index (χ0) is 27.0. The van der Waals surface area contributed by atoms with Crippen LogP contribution in [0.5, 0.6) is 0 Å². The Kier molecular flexibility index (Phi) is 6.49. The number of hydrogen-bond donors (Lipinski definition) is 2. The molecule has 38 heavy (non-hydrogen) atoms. The lowest BCUT2D eigenvalue weighted by Gasteiger charge is -2.09. The van der Waals surface area contributed by atoms with Gasteiger partial charge in [0.15, 0.2) is 5.65 Å². The molecule has 0 radical (unpaired) electrons. The summed E-state index contributed by atoms with van der Waals surface area (Å²) in [6, 6.07) is 11.2. The van der Waals surface area contributed by atoms with Crippen molar-refractivity contribution in [2.75, 3.05) is 20.3 Å². The molecule has 3 aromatic heterocycles. The molecule has 0 aliphatic carbocycles. The van der Waals surface area contributed by atoms with Gasteiger partial charge in [0.05, 0.1) is 39.4 Å². The van der Waals surface area contributed by atoms with Crippen LogP contribution in [0.4, 0.5) is 13.2 Å². The maximum absolute atomic E-state index is 13.7. The summed E-state index contributed by atoms with van der Waals surface area (Å²) < 4.78 is 48.0. The standard InChI is InChI=1S/C26H23F3N6O3/c1-34-23-19(14-31-34)22-20(21(32-23)15-6-3-8-17(12-15)26(27,28)29)25(37)35(33-22)18-9-4-7-16(13-18)24(36)30-10-5-11-38-2/h3-4,6-9,12-14,33H,5,10-11H2,1-2H3,(H,30,36). The van der Waals surface area contributed by atoms with Crippen molar-refractivity contribution in [2.45, 2.75) is 12.6 Å². The molecule has 2 N–H and O–H groups in total. The van der Waals surface area contributed by atoms with Crippen LogP contribution in [0.3, 0.4) is 0 Å². The number of pyridine rings is 1. The molecule has 12 heteroatoms. The highest BCUT2D eigenvalue weighted by molar-refractivity contribution is 6.07. The molecule has 0 saturated carbocycles. The quantitative estimate of drug-likeness (QED) is 0.313. The number of aryl methyl sites for hydroxylation is 1. The number of benzene rings is 2. The predicted molar refractivity (Wildman–Crippen MR) is 135 cm³/mol. The van der Waals surface area contributed by atoms with Gasteiger partial charge in [-0.25, -0.2) is 9.67 Å². The first-order valence-electron chi connectivity index (χ1n) is 11.7. The first kappa shape index (κ1) is 25.2. The van der Waals surface area contributed by atoms with E-state index in [2.05, 4.69) is 20.5 Å². The van der Waals surface area contributed by atoms with Crippen LogP contribution < -0.4 is 10.9 Å². The maximum atomic E-state index is 13.7. The summed E-state index contributed by atoms with van der Waals surface area (Å²) in [6.07, 6.45) is -2.38. The number of halogens is 3. The fourth-order valence-electron chi connectivity index (χ4n) is 4.29. The number of carbonyl (C=O) groups is 1. The third-order valence-corrected chi connectivity index (χ3v) is 6.16. The normalized spacial score (nSPS) is 11.9. The SMILES string of the molecule is COCCCNC(=O)c1cccc(-n2[nH]c3c(c(-c4cccc(C(F)(F)F)c4)nc4c3cnn4C)c2=O)c1. The molecule has 0 saturated heterocycles. The Bertz CT molecular complexity index is 1720. The van der Waals surface area contributed by atoms with E-state index in [1.165, 1.54) is 27.7 Å². The summed E-state index contributed by atoms with van der Waals surface area (Å²) in [4.78, 5) is 30.9. The smallest absolute Gasteiger partial charge is 0.385 e. The minimum Gasteiger partial charge on any atom is -0.385 e. The van der Waals surface area contributed by atoms with Crippen molar-refractivity contribution in [3.8, 4) is 16.9 Å². The van der Waals surface area contributed by atoms with Crippen LogP contribution in [0.15, 0.2) is 59.5 Å². The lowest BCUT2D eigenvalue weighted by molar-refractivity contribution is -0.137. The first-order chi connectivity index (χ1) is 18.2. The van der Waals surface area contributed by atoms with E-state index >= 15 is 0 Å². The number of hydrogen-bond acceptors (Lipinski definition) is 5. The van der Waals surface area contributed by atoms with Gasteiger partial charge in [0.2, 0.25) is 0 Å². The van der Waals surface area contributed by atoms with E-state index in [0.717, 1.165) is 12.1 Å². The monoisotopic (exact) mass is 524 g/mol. The lowest BCUT2D eigenvalue weighted by Crippen LogP contribution is -2.25. The van der Waals surface area contributed by atoms with E-state index in [1.54, 1.807) is 38.4 Å². The van der Waals surface area contributed by atoms with Gasteiger partial charge < -0.3 is 10.1 Å². The molecule has 196 valence electrons. The number of rotatable bonds is 7. The number of aromatic amines is 1. The molecule has 0 spiro atoms. The summed E-state index contributed by atoms with van der Waals surface area (Å²) >= 11 is 0. The number of nitrogens with one attached hydrogen (secondary N) is 2. The highest BCUT2D eigenvalue weighted by Gasteiger charge is 2.31. The van der Waals surface area contributed by atoms with E-state index in [-0.39, 0.29) is 22.6 Å². The second-order valence-corrected chi connectivity index (χ2v) is 8.70. The van der Waals surface area contributed by atoms with Crippen LogP contribution in [0, 0.1) is 0 Å². The number of aromatic nitrogens is 5. The minimum absolute atomic E-state index is 0.0919. The van der Waals surface area contributed by atoms with Gasteiger partial charge in [0.25, 0.3) is 11.5 Å². The Morgan fingerprint density at radius 3 is 2.71 bits per heavy atom. The summed E-state index contributed by atoms with van der Waals surface area (Å²) in [5.74, 6) is -0.312. The molecule has 0 aliphatic rings. The molecule has 5 aromatic rings. The zero-order valence-electron chi connectivity index (χ0n) is 20.5. The zero-order valence-corrected chi connectivity index (χ0v) is 20.5. The Balaban J connectivity index is 1.66. The van der Waals surface area contributed by atoms with Crippen molar-refractivity contribution < 1.29 is 22.7 Å². The number of amides is 1. The summed E-state index contributed by atoms with van der Waals surface area (Å²) in [5, 5.41) is 10.7. The molecule has 0 aliphatic heterocycles. The van der Waals surface area contributed by atoms with E-state index in [0.29, 0.717) is 47.4 Å². The number of carbonyl (C=O) groups excluding carboxylic acids is 1. The molecule has 5 rings (SSSR count). The van der Waals surface area contributed by atoms with Gasteiger partial charge in [0.1, 0.15) is 0 Å². The van der Waals surface area contributed by atoms with Gasteiger partial charge in [-0.1, -0.05) is 18.2 Å². The van der Waals surface area contributed by atoms with Crippen molar-refractivity contribution in [1.82, 2.24) is 29.9 Å². The molecule has 1 amide bonds. The van der Waals surface area contributed by atoms with E-state index < -0.39 is 17.3 Å². The fraction of sp³-hybridized carbons (Fsp3) is 0.231. The second-order valence-electron chi connectivity index (χ2n) is 8.70. The highest BCUT2D eigenvalue weighted by atomic mass is 19.4. The van der Waals surface area contributed by atoms with E-state index in [1.807, 2.05) is 0 Å². The predicted octanol–water partition coefficient (Wildman–Crippen LogP) is 4.05. The lowest BCUT2D eigenvalue weighted by atomic mass is 10.0. The fourth-order valence-corrected chi connectivity index (χ4v) is 4.29. The topological polar surface area (TPSA) is 107 Å². The van der Waals surface area contributed by atoms with Crippen molar-refractivity contribution in [3.63, 3.8) is 0 Å². The number of methoxy groups -OCH3 is 1. The number of nitrogens with zero attached hydrogens (tertiary/aromatic N) is 4. The molecule has 0 unspecified atom stereocenters. The second kappa shape index (κ2) is 9.78. The van der Waals surface area contributed by atoms with Crippen LogP contribution in [0.1, 0.15) is 22.3 Å². The van der Waals surface area contributed by atoms with E-state index in [4.69, 9.17) is 4.74 Å². The van der Waals surface area contributed by atoms with Crippen molar-refractivity contribution in [3.05, 3.63) is 76.2 Å². The molecular weight excluding hydrogens is 501 g/mol. The molecule has 0 fully saturated rings. The largest absolute Gasteiger partial charge is 0.416 e. The Labute approximate surface area is 213 Å². The van der Waals surface area contributed by atoms with Crippen LogP contribution in [0.2, 0.25) is 0 Å². The number of fused-ring (bicyclic) bond motifs is 3. The van der Waals surface area contributed by atoms with Crippen molar-refractivity contribution in [2.24, 2.45) is 7.05 Å². The Morgan fingerprint density at radius 1 is 1.16 bits per heavy atom. The Hall–Kier alpha value is -4.45. The molecular formula is C26H23F3N6O3. The highest BCUT2D eigenvalue weighted by Crippen LogP contribution is 2.34. The average Bonchev–Trinajstić information content (AvgIpc) is 3.45. The summed E-state index contributed by atoms with van der Waals surface area (Å²) in [5.41, 5.74) is 0.335. The van der Waals surface area contributed by atoms with Gasteiger partial charge in [-0.05, 0) is 36.8 Å². The summed E-state index contributed by atoms with van der Waals surface area (Å²) in [6.45, 7) is 0.935. The van der Waals surface area contributed by atoms with Crippen LogP contribution in [-0.4, -0.2) is 50.7 Å². The van der Waals surface area contributed by atoms with Gasteiger partial charge in [-0.15, -0.1) is 0 Å². The third kappa shape index (κ3) is 4.54. The average molecular weight is 525 g/mol. The van der Waals surface area contributed by atoms with Crippen molar-refractivity contribution in [1.29, 1.82) is 0 Å². The number of ether oxygens (including phenoxy) is 1. The van der Waals surface area contributed by atoms with Crippen LogP contribution in [0.25, 0.3) is 38.9 Å². The molecule has 3 heterocycles. The molecule has 9 nitrogen and oxygen atoms in total. The van der Waals surface area contributed by atoms with E-state index in [9.17, 15) is 22.8 Å². The molecule has 2 aromatic carbocycles. The minimum atomic E-state index is -4.56. The molecule has 0 bridgehead atoms.